The molecule has 1 aromatic rings. The highest BCUT2D eigenvalue weighted by atomic mass is 16.3. The zero-order valence-corrected chi connectivity index (χ0v) is 19.4. The third-order valence-electron chi connectivity index (χ3n) is 10.4. The smallest absolute Gasteiger partial charge is 0.159 e. The number of nitrogens with zero attached hydrogens (tertiary/aromatic N) is 3. The largest absolute Gasteiger partial charge is 0.390 e. The van der Waals surface area contributed by atoms with E-state index < -0.39 is 5.60 Å². The maximum Gasteiger partial charge on any atom is 0.159 e. The average Bonchev–Trinajstić information content (AvgIpc) is 3.31. The van der Waals surface area contributed by atoms with E-state index in [9.17, 15) is 15.0 Å². The lowest BCUT2D eigenvalue weighted by Crippen LogP contribution is -2.55. The summed E-state index contributed by atoms with van der Waals surface area (Å²) in [6, 6.07) is 0. The van der Waals surface area contributed by atoms with Gasteiger partial charge in [0.2, 0.25) is 0 Å². The lowest BCUT2D eigenvalue weighted by Gasteiger charge is -2.61. The van der Waals surface area contributed by atoms with Gasteiger partial charge in [-0.25, -0.2) is 0 Å². The summed E-state index contributed by atoms with van der Waals surface area (Å²) in [6.45, 7) is 7.01. The molecule has 0 spiro atoms. The molecule has 4 aliphatic rings. The normalized spacial score (nSPS) is 46.8. The van der Waals surface area contributed by atoms with Crippen LogP contribution in [0.15, 0.2) is 6.20 Å². The Hall–Kier alpha value is -1.27. The molecule has 4 fully saturated rings. The van der Waals surface area contributed by atoms with E-state index in [2.05, 4.69) is 24.0 Å². The van der Waals surface area contributed by atoms with Crippen molar-refractivity contribution in [3.63, 3.8) is 0 Å². The van der Waals surface area contributed by atoms with Gasteiger partial charge in [-0.2, -0.15) is 15.0 Å². The summed E-state index contributed by atoms with van der Waals surface area (Å²) in [4.78, 5) is 14.8. The molecule has 0 aromatic carbocycles. The second-order valence-corrected chi connectivity index (χ2v) is 12.0. The van der Waals surface area contributed by atoms with Crippen molar-refractivity contribution in [1.29, 1.82) is 0 Å². The molecule has 31 heavy (non-hydrogen) atoms. The molecule has 172 valence electrons. The van der Waals surface area contributed by atoms with Gasteiger partial charge in [-0.05, 0) is 99.2 Å². The topological polar surface area (TPSA) is 88.2 Å². The SMILES string of the molecule is C[C@@]1(O)CC[C@@]2(C)[C@H](CC[C@@H]3[C@@H]2CC[C@]2(C)[C@@H](C(=O)Cn4ncc(CO)n4)CC[C@@H]32)C1. The lowest BCUT2D eigenvalue weighted by atomic mass is 9.44. The lowest BCUT2D eigenvalue weighted by molar-refractivity contribution is -0.151. The minimum atomic E-state index is -0.485. The Labute approximate surface area is 185 Å². The first-order valence-electron chi connectivity index (χ1n) is 12.4. The molecule has 2 N–H and O–H groups in total. The zero-order valence-electron chi connectivity index (χ0n) is 19.4. The van der Waals surface area contributed by atoms with Gasteiger partial charge in [0, 0.05) is 5.92 Å². The fraction of sp³-hybridized carbons (Fsp3) is 0.880. The number of aliphatic hydroxyl groups excluding tert-OH is 1. The van der Waals surface area contributed by atoms with Gasteiger partial charge in [-0.15, -0.1) is 0 Å². The van der Waals surface area contributed by atoms with E-state index in [1.165, 1.54) is 30.5 Å². The second kappa shape index (κ2) is 7.38. The second-order valence-electron chi connectivity index (χ2n) is 12.0. The molecule has 0 aliphatic heterocycles. The maximum atomic E-state index is 13.3. The van der Waals surface area contributed by atoms with Gasteiger partial charge in [0.25, 0.3) is 0 Å². The van der Waals surface area contributed by atoms with Gasteiger partial charge in [-0.3, -0.25) is 4.79 Å². The van der Waals surface area contributed by atoms with Crippen molar-refractivity contribution in [2.45, 2.75) is 97.3 Å². The minimum absolute atomic E-state index is 0.0918. The quantitative estimate of drug-likeness (QED) is 0.761. The molecule has 6 heteroatoms. The predicted molar refractivity (Wildman–Crippen MR) is 117 cm³/mol. The van der Waals surface area contributed by atoms with Crippen LogP contribution in [0.5, 0.6) is 0 Å². The maximum absolute atomic E-state index is 13.3. The van der Waals surface area contributed by atoms with Crippen LogP contribution in [-0.4, -0.2) is 36.6 Å². The Morgan fingerprint density at radius 2 is 1.84 bits per heavy atom. The van der Waals surface area contributed by atoms with Gasteiger partial charge >= 0.3 is 0 Å². The number of hydrogen-bond donors (Lipinski definition) is 2. The summed E-state index contributed by atoms with van der Waals surface area (Å²) in [7, 11) is 0. The van der Waals surface area contributed by atoms with Gasteiger partial charge in [0.05, 0.1) is 18.4 Å². The number of hydrogen-bond acceptors (Lipinski definition) is 5. The fourth-order valence-electron chi connectivity index (χ4n) is 8.69. The summed E-state index contributed by atoms with van der Waals surface area (Å²) in [6.07, 6.45) is 11.6. The van der Waals surface area contributed by atoms with Crippen molar-refractivity contribution in [3.05, 3.63) is 11.9 Å². The van der Waals surface area contributed by atoms with Crippen LogP contribution in [0.2, 0.25) is 0 Å². The van der Waals surface area contributed by atoms with Crippen molar-refractivity contribution in [1.82, 2.24) is 15.0 Å². The molecule has 1 aromatic heterocycles. The van der Waals surface area contributed by atoms with E-state index in [0.29, 0.717) is 22.9 Å². The Kier molecular flexibility index (Phi) is 5.13. The zero-order chi connectivity index (χ0) is 22.0. The van der Waals surface area contributed by atoms with Crippen molar-refractivity contribution in [2.75, 3.05) is 0 Å². The van der Waals surface area contributed by atoms with E-state index in [1.54, 1.807) is 6.20 Å². The van der Waals surface area contributed by atoms with Crippen LogP contribution in [0.3, 0.4) is 0 Å². The number of fused-ring (bicyclic) bond motifs is 5. The van der Waals surface area contributed by atoms with E-state index in [4.69, 9.17) is 0 Å². The highest BCUT2D eigenvalue weighted by Crippen LogP contribution is 2.68. The standard InChI is InChI=1S/C25H39N3O3/c1-23(31)10-11-24(2)16(12-23)4-5-18-19-6-7-21(25(19,3)9-8-20(18)24)22(30)14-28-26-13-17(15-29)27-28/h13,16,18-21,29,31H,4-12,14-15H2,1-3H3/t16-,18+,19+,20+,21-,23-,24+,25+/m1/s1. The fourth-order valence-corrected chi connectivity index (χ4v) is 8.69. The highest BCUT2D eigenvalue weighted by molar-refractivity contribution is 5.82. The summed E-state index contributed by atoms with van der Waals surface area (Å²) >= 11 is 0. The van der Waals surface area contributed by atoms with Crippen LogP contribution in [0, 0.1) is 40.4 Å². The molecule has 0 amide bonds. The Morgan fingerprint density at radius 1 is 1.06 bits per heavy atom. The third-order valence-corrected chi connectivity index (χ3v) is 10.4. The Balaban J connectivity index is 1.33. The summed E-state index contributed by atoms with van der Waals surface area (Å²) in [5.74, 6) is 3.11. The van der Waals surface area contributed by atoms with Crippen LogP contribution in [0.1, 0.15) is 84.3 Å². The van der Waals surface area contributed by atoms with Crippen LogP contribution in [0.25, 0.3) is 0 Å². The Morgan fingerprint density at radius 3 is 2.58 bits per heavy atom. The van der Waals surface area contributed by atoms with Crippen molar-refractivity contribution < 1.29 is 15.0 Å². The molecule has 4 saturated carbocycles. The highest BCUT2D eigenvalue weighted by Gasteiger charge is 2.61. The van der Waals surface area contributed by atoms with Crippen LogP contribution < -0.4 is 0 Å². The number of aliphatic hydroxyl groups is 2. The summed E-state index contributed by atoms with van der Waals surface area (Å²) < 4.78 is 0. The van der Waals surface area contributed by atoms with Crippen LogP contribution in [-0.2, 0) is 17.9 Å². The number of aromatic nitrogens is 3. The van der Waals surface area contributed by atoms with Gasteiger partial charge < -0.3 is 10.2 Å². The van der Waals surface area contributed by atoms with Crippen LogP contribution in [0.4, 0.5) is 0 Å². The number of carbonyl (C=O) groups excluding carboxylic acids is 1. The first-order valence-corrected chi connectivity index (χ1v) is 12.4. The molecule has 1 heterocycles. The number of ketones is 1. The van der Waals surface area contributed by atoms with Crippen molar-refractivity contribution >= 4 is 5.78 Å². The van der Waals surface area contributed by atoms with E-state index >= 15 is 0 Å². The molecule has 8 atom stereocenters. The van der Waals surface area contributed by atoms with Gasteiger partial charge in [0.1, 0.15) is 12.2 Å². The summed E-state index contributed by atoms with van der Waals surface area (Å²) in [5.41, 5.74) is 0.477. The number of rotatable bonds is 4. The van der Waals surface area contributed by atoms with Gasteiger partial charge in [-0.1, -0.05) is 13.8 Å². The molecule has 4 aliphatic carbocycles. The van der Waals surface area contributed by atoms with E-state index in [0.717, 1.165) is 43.9 Å². The van der Waals surface area contributed by atoms with Crippen molar-refractivity contribution in [2.24, 2.45) is 40.4 Å². The first-order chi connectivity index (χ1) is 14.7. The monoisotopic (exact) mass is 429 g/mol. The number of carbonyl (C=O) groups is 1. The molecule has 0 unspecified atom stereocenters. The molecule has 0 saturated heterocycles. The summed E-state index contributed by atoms with van der Waals surface area (Å²) in [5, 5.41) is 28.3. The van der Waals surface area contributed by atoms with E-state index in [1.807, 2.05) is 6.92 Å². The molecular weight excluding hydrogens is 390 g/mol. The molecule has 0 radical (unpaired) electrons. The molecular formula is C25H39N3O3. The average molecular weight is 430 g/mol. The molecule has 5 rings (SSSR count). The molecule has 6 nitrogen and oxygen atoms in total. The first kappa shape index (κ1) is 21.6. The van der Waals surface area contributed by atoms with Crippen LogP contribution >= 0.6 is 0 Å². The van der Waals surface area contributed by atoms with Gasteiger partial charge in [0.15, 0.2) is 5.78 Å². The minimum Gasteiger partial charge on any atom is -0.390 e. The third kappa shape index (κ3) is 3.40. The molecule has 0 bridgehead atoms. The van der Waals surface area contributed by atoms with Crippen molar-refractivity contribution in [3.8, 4) is 0 Å². The number of Topliss-reactive ketones (excluding diaryl/α,β-unsaturated/α-hetero) is 1. The Bertz CT molecular complexity index is 851. The van der Waals surface area contributed by atoms with E-state index in [-0.39, 0.29) is 30.3 Å². The predicted octanol–water partition coefficient (Wildman–Crippen LogP) is 3.75.